The molecule has 1 unspecified atom stereocenters. The number of hydrogen-bond donors (Lipinski definition) is 0. The van der Waals surface area contributed by atoms with Crippen molar-refractivity contribution >= 4 is 17.5 Å². The third-order valence-electron chi connectivity index (χ3n) is 5.43. The summed E-state index contributed by atoms with van der Waals surface area (Å²) in [6.45, 7) is 7.07. The van der Waals surface area contributed by atoms with E-state index in [1.807, 2.05) is 18.2 Å². The van der Waals surface area contributed by atoms with Crippen LogP contribution in [0.5, 0.6) is 0 Å². The van der Waals surface area contributed by atoms with Crippen LogP contribution in [0, 0.1) is 5.41 Å². The molecule has 0 bridgehead atoms. The fourth-order valence-corrected chi connectivity index (χ4v) is 4.38. The summed E-state index contributed by atoms with van der Waals surface area (Å²) in [5, 5.41) is 0.563. The van der Waals surface area contributed by atoms with E-state index in [2.05, 4.69) is 21.7 Å². The quantitative estimate of drug-likeness (QED) is 0.760. The highest BCUT2D eigenvalue weighted by Gasteiger charge is 2.41. The number of halogens is 1. The largest absolute Gasteiger partial charge is 0.342 e. The maximum absolute atomic E-state index is 12.2. The lowest BCUT2D eigenvalue weighted by Gasteiger charge is -2.48. The summed E-state index contributed by atoms with van der Waals surface area (Å²) < 4.78 is 0. The summed E-state index contributed by atoms with van der Waals surface area (Å²) in [4.78, 5) is 21.3. The Kier molecular flexibility index (Phi) is 5.77. The lowest BCUT2D eigenvalue weighted by Crippen LogP contribution is -2.54. The van der Waals surface area contributed by atoms with Crippen LogP contribution in [0.1, 0.15) is 51.1 Å². The molecule has 2 aliphatic heterocycles. The van der Waals surface area contributed by atoms with Crippen molar-refractivity contribution in [3.63, 3.8) is 0 Å². The summed E-state index contributed by atoms with van der Waals surface area (Å²) in [6.07, 6.45) is 6.45. The van der Waals surface area contributed by atoms with Crippen LogP contribution in [0.25, 0.3) is 0 Å². The third-order valence-corrected chi connectivity index (χ3v) is 5.64. The standard InChI is InChI=1S/C19H28ClN3O/c1-2-3-12-23-15-19(10-8-18(23)24)9-5-11-22(14-19)13-16-6-4-7-17(20)21-16/h4,6-7H,2-3,5,8-15H2,1H3. The van der Waals surface area contributed by atoms with Crippen LogP contribution in [0.2, 0.25) is 5.15 Å². The Morgan fingerprint density at radius 1 is 1.29 bits per heavy atom. The van der Waals surface area contributed by atoms with E-state index in [0.717, 1.165) is 57.7 Å². The minimum atomic E-state index is 0.276. The second kappa shape index (κ2) is 7.83. The van der Waals surface area contributed by atoms with Crippen molar-refractivity contribution in [3.05, 3.63) is 29.0 Å². The minimum absolute atomic E-state index is 0.276. The van der Waals surface area contributed by atoms with E-state index in [-0.39, 0.29) is 5.41 Å². The molecule has 0 aliphatic carbocycles. The van der Waals surface area contributed by atoms with Crippen molar-refractivity contribution in [2.45, 2.75) is 52.0 Å². The van der Waals surface area contributed by atoms with Gasteiger partial charge in [0, 0.05) is 38.0 Å². The molecule has 1 amide bonds. The fourth-order valence-electron chi connectivity index (χ4n) is 4.20. The van der Waals surface area contributed by atoms with E-state index in [0.29, 0.717) is 17.5 Å². The van der Waals surface area contributed by atoms with Crippen LogP contribution >= 0.6 is 11.6 Å². The van der Waals surface area contributed by atoms with Crippen molar-refractivity contribution in [1.29, 1.82) is 0 Å². The molecule has 24 heavy (non-hydrogen) atoms. The summed E-state index contributed by atoms with van der Waals surface area (Å²) in [7, 11) is 0. The van der Waals surface area contributed by atoms with Gasteiger partial charge in [0.1, 0.15) is 5.15 Å². The zero-order valence-electron chi connectivity index (χ0n) is 14.6. The Hall–Kier alpha value is -1.13. The maximum Gasteiger partial charge on any atom is 0.222 e. The SMILES string of the molecule is CCCCN1CC2(CCCN(Cc3cccc(Cl)n3)C2)CCC1=O. The highest BCUT2D eigenvalue weighted by Crippen LogP contribution is 2.39. The van der Waals surface area contributed by atoms with Crippen LogP contribution < -0.4 is 0 Å². The summed E-state index contributed by atoms with van der Waals surface area (Å²) in [5.41, 5.74) is 1.31. The summed E-state index contributed by atoms with van der Waals surface area (Å²) in [5.74, 6) is 0.350. The topological polar surface area (TPSA) is 36.4 Å². The van der Waals surface area contributed by atoms with Crippen LogP contribution in [0.3, 0.4) is 0 Å². The molecule has 0 saturated carbocycles. The summed E-state index contributed by atoms with van der Waals surface area (Å²) in [6, 6.07) is 5.84. The predicted molar refractivity (Wildman–Crippen MR) is 96.9 cm³/mol. The average Bonchev–Trinajstić information content (AvgIpc) is 2.56. The second-order valence-electron chi connectivity index (χ2n) is 7.43. The van der Waals surface area contributed by atoms with Crippen molar-refractivity contribution in [2.24, 2.45) is 5.41 Å². The fraction of sp³-hybridized carbons (Fsp3) is 0.684. The number of likely N-dealkylation sites (tertiary alicyclic amines) is 2. The zero-order chi connectivity index (χ0) is 17.0. The van der Waals surface area contributed by atoms with Gasteiger partial charge in [0.2, 0.25) is 5.91 Å². The molecule has 3 rings (SSSR count). The monoisotopic (exact) mass is 349 g/mol. The highest BCUT2D eigenvalue weighted by molar-refractivity contribution is 6.29. The number of carbonyl (C=O) groups is 1. The molecular weight excluding hydrogens is 322 g/mol. The van der Waals surface area contributed by atoms with Gasteiger partial charge in [0.25, 0.3) is 0 Å². The highest BCUT2D eigenvalue weighted by atomic mass is 35.5. The minimum Gasteiger partial charge on any atom is -0.342 e. The number of carbonyl (C=O) groups excluding carboxylic acids is 1. The third kappa shape index (κ3) is 4.28. The Balaban J connectivity index is 1.64. The van der Waals surface area contributed by atoms with Gasteiger partial charge in [0.05, 0.1) is 5.69 Å². The van der Waals surface area contributed by atoms with E-state index in [1.54, 1.807) is 0 Å². The van der Waals surface area contributed by atoms with Gasteiger partial charge in [-0.05, 0) is 44.4 Å². The van der Waals surface area contributed by atoms with Gasteiger partial charge < -0.3 is 4.90 Å². The second-order valence-corrected chi connectivity index (χ2v) is 7.82. The van der Waals surface area contributed by atoms with Crippen LogP contribution in [0.4, 0.5) is 0 Å². The van der Waals surface area contributed by atoms with Gasteiger partial charge in [-0.25, -0.2) is 4.98 Å². The van der Waals surface area contributed by atoms with Gasteiger partial charge in [-0.3, -0.25) is 9.69 Å². The van der Waals surface area contributed by atoms with E-state index < -0.39 is 0 Å². The molecular formula is C19H28ClN3O. The van der Waals surface area contributed by atoms with E-state index >= 15 is 0 Å². The van der Waals surface area contributed by atoms with Gasteiger partial charge in [0.15, 0.2) is 0 Å². The Bertz CT molecular complexity index is 579. The van der Waals surface area contributed by atoms with Crippen molar-refractivity contribution in [1.82, 2.24) is 14.8 Å². The number of rotatable bonds is 5. The lowest BCUT2D eigenvalue weighted by molar-refractivity contribution is -0.139. The van der Waals surface area contributed by atoms with Crippen molar-refractivity contribution < 1.29 is 4.79 Å². The normalized spacial score (nSPS) is 25.4. The van der Waals surface area contributed by atoms with Gasteiger partial charge >= 0.3 is 0 Å². The Morgan fingerprint density at radius 3 is 2.96 bits per heavy atom. The molecule has 0 aromatic carbocycles. The maximum atomic E-state index is 12.2. The van der Waals surface area contributed by atoms with Crippen LogP contribution in [0.15, 0.2) is 18.2 Å². The molecule has 5 heteroatoms. The molecule has 0 radical (unpaired) electrons. The first-order chi connectivity index (χ1) is 11.6. The first kappa shape index (κ1) is 17.7. The molecule has 132 valence electrons. The number of pyridine rings is 1. The molecule has 2 saturated heterocycles. The Morgan fingerprint density at radius 2 is 2.17 bits per heavy atom. The molecule has 3 heterocycles. The van der Waals surface area contributed by atoms with Crippen molar-refractivity contribution in [2.75, 3.05) is 26.2 Å². The van der Waals surface area contributed by atoms with E-state index in [9.17, 15) is 4.79 Å². The predicted octanol–water partition coefficient (Wildman–Crippen LogP) is 3.74. The zero-order valence-corrected chi connectivity index (χ0v) is 15.4. The lowest BCUT2D eigenvalue weighted by atomic mass is 9.73. The molecule has 2 fully saturated rings. The number of piperidine rings is 2. The number of hydrogen-bond acceptors (Lipinski definition) is 3. The first-order valence-electron chi connectivity index (χ1n) is 9.22. The van der Waals surface area contributed by atoms with Gasteiger partial charge in [-0.2, -0.15) is 0 Å². The average molecular weight is 350 g/mol. The number of aromatic nitrogens is 1. The molecule has 1 aromatic heterocycles. The number of amides is 1. The van der Waals surface area contributed by atoms with Crippen LogP contribution in [-0.4, -0.2) is 46.9 Å². The molecule has 4 nitrogen and oxygen atoms in total. The Labute approximate surface area is 150 Å². The van der Waals surface area contributed by atoms with Gasteiger partial charge in [-0.1, -0.05) is 31.0 Å². The smallest absolute Gasteiger partial charge is 0.222 e. The van der Waals surface area contributed by atoms with Gasteiger partial charge in [-0.15, -0.1) is 0 Å². The van der Waals surface area contributed by atoms with E-state index in [4.69, 9.17) is 11.6 Å². The molecule has 1 aromatic rings. The number of nitrogens with zero attached hydrogens (tertiary/aromatic N) is 3. The molecule has 2 aliphatic rings. The summed E-state index contributed by atoms with van der Waals surface area (Å²) >= 11 is 6.01. The molecule has 1 spiro atoms. The molecule has 0 N–H and O–H groups in total. The van der Waals surface area contributed by atoms with Crippen LogP contribution in [-0.2, 0) is 11.3 Å². The van der Waals surface area contributed by atoms with E-state index in [1.165, 1.54) is 12.8 Å². The van der Waals surface area contributed by atoms with Crippen molar-refractivity contribution in [3.8, 4) is 0 Å². The molecule has 1 atom stereocenters. The first-order valence-corrected chi connectivity index (χ1v) is 9.60. The number of unbranched alkanes of at least 4 members (excludes halogenated alkanes) is 1.